The van der Waals surface area contributed by atoms with Gasteiger partial charge in [-0.2, -0.15) is 0 Å². The number of amides is 2. The molecule has 1 aliphatic heterocycles. The molecule has 0 aliphatic carbocycles. The van der Waals surface area contributed by atoms with Gasteiger partial charge in [0.25, 0.3) is 5.91 Å². The van der Waals surface area contributed by atoms with Gasteiger partial charge in [-0.25, -0.2) is 4.98 Å². The zero-order chi connectivity index (χ0) is 22.0. The van der Waals surface area contributed by atoms with E-state index in [1.807, 2.05) is 24.1 Å². The normalized spacial score (nSPS) is 14.7. The Labute approximate surface area is 184 Å². The second-order valence-electron chi connectivity index (χ2n) is 7.63. The molecule has 0 aromatic carbocycles. The summed E-state index contributed by atoms with van der Waals surface area (Å²) in [6, 6.07) is 1.62. The summed E-state index contributed by atoms with van der Waals surface area (Å²) < 4.78 is 10.4. The minimum Gasteiger partial charge on any atom is -0.469 e. The van der Waals surface area contributed by atoms with Crippen LogP contribution in [-0.2, 0) is 17.8 Å². The van der Waals surface area contributed by atoms with Crippen LogP contribution in [0.15, 0.2) is 26.6 Å². The predicted molar refractivity (Wildman–Crippen MR) is 115 cm³/mol. The van der Waals surface area contributed by atoms with Crippen molar-refractivity contribution in [3.63, 3.8) is 0 Å². The van der Waals surface area contributed by atoms with Crippen molar-refractivity contribution >= 4 is 28.3 Å². The van der Waals surface area contributed by atoms with E-state index >= 15 is 0 Å². The Balaban J connectivity index is 1.27. The van der Waals surface area contributed by atoms with E-state index in [0.717, 1.165) is 36.7 Å². The van der Waals surface area contributed by atoms with Crippen LogP contribution in [0.4, 0.5) is 5.13 Å². The molecule has 1 N–H and O–H groups in total. The molecule has 0 bridgehead atoms. The Kier molecular flexibility index (Phi) is 6.19. The maximum absolute atomic E-state index is 12.7. The van der Waals surface area contributed by atoms with Crippen molar-refractivity contribution in [1.82, 2.24) is 19.9 Å². The average Bonchev–Trinajstić information content (AvgIpc) is 3.45. The topological polar surface area (TPSA) is 105 Å². The number of aryl methyl sites for hydroxylation is 3. The van der Waals surface area contributed by atoms with Crippen LogP contribution < -0.4 is 5.32 Å². The van der Waals surface area contributed by atoms with Crippen LogP contribution in [0.2, 0.25) is 0 Å². The number of piperazine rings is 1. The van der Waals surface area contributed by atoms with Gasteiger partial charge in [0.05, 0.1) is 29.6 Å². The zero-order valence-electron chi connectivity index (χ0n) is 17.8. The molecule has 9 nitrogen and oxygen atoms in total. The van der Waals surface area contributed by atoms with Crippen LogP contribution >= 0.6 is 11.3 Å². The number of carbonyl (C=O) groups excluding carboxylic acids is 2. The Morgan fingerprint density at radius 1 is 1.16 bits per heavy atom. The van der Waals surface area contributed by atoms with E-state index in [0.29, 0.717) is 35.2 Å². The molecular formula is C21H25N5O4S. The van der Waals surface area contributed by atoms with Crippen LogP contribution in [0, 0.1) is 20.8 Å². The van der Waals surface area contributed by atoms with E-state index in [4.69, 9.17) is 8.94 Å². The third kappa shape index (κ3) is 4.86. The van der Waals surface area contributed by atoms with Crippen molar-refractivity contribution in [2.75, 3.05) is 31.5 Å². The highest BCUT2D eigenvalue weighted by atomic mass is 32.1. The molecule has 1 aliphatic rings. The summed E-state index contributed by atoms with van der Waals surface area (Å²) in [5.74, 6) is 1.18. The lowest BCUT2D eigenvalue weighted by Gasteiger charge is -2.34. The van der Waals surface area contributed by atoms with Gasteiger partial charge in [0, 0.05) is 43.7 Å². The van der Waals surface area contributed by atoms with Crippen LogP contribution in [-0.4, -0.2) is 57.9 Å². The number of hydrogen-bond donors (Lipinski definition) is 1. The number of hydrogen-bond acceptors (Lipinski definition) is 8. The van der Waals surface area contributed by atoms with Crippen LogP contribution in [0.1, 0.15) is 38.8 Å². The standard InChI is InChI=1S/C21H25N5O4S/c1-13-18(15(3)30-24-13)11-25-5-7-26(8-6-25)19(27)10-16-12-31-21(22-16)23-20(28)17-4-9-29-14(17)2/h4,9,12H,5-8,10-11H2,1-3H3,(H,22,23,28). The number of thiazole rings is 1. The fourth-order valence-electron chi connectivity index (χ4n) is 3.60. The SMILES string of the molecule is Cc1noc(C)c1CN1CCN(C(=O)Cc2csc(NC(=O)c3ccoc3C)n2)CC1. The van der Waals surface area contributed by atoms with E-state index in [-0.39, 0.29) is 18.2 Å². The van der Waals surface area contributed by atoms with Crippen molar-refractivity contribution in [3.8, 4) is 0 Å². The van der Waals surface area contributed by atoms with Crippen molar-refractivity contribution in [3.05, 3.63) is 51.7 Å². The molecule has 1 fully saturated rings. The first-order valence-electron chi connectivity index (χ1n) is 10.1. The minimum atomic E-state index is -0.270. The molecule has 31 heavy (non-hydrogen) atoms. The molecule has 4 rings (SSSR count). The highest BCUT2D eigenvalue weighted by Gasteiger charge is 2.23. The molecular weight excluding hydrogens is 418 g/mol. The Bertz CT molecular complexity index is 1060. The number of rotatable bonds is 6. The molecule has 10 heteroatoms. The maximum Gasteiger partial charge on any atom is 0.260 e. The molecule has 0 radical (unpaired) electrons. The lowest BCUT2D eigenvalue weighted by molar-refractivity contribution is -0.132. The van der Waals surface area contributed by atoms with Gasteiger partial charge in [0.1, 0.15) is 11.5 Å². The van der Waals surface area contributed by atoms with Gasteiger partial charge in [-0.05, 0) is 26.8 Å². The fraction of sp³-hybridized carbons (Fsp3) is 0.429. The first-order chi connectivity index (χ1) is 14.9. The van der Waals surface area contributed by atoms with Gasteiger partial charge in [0.15, 0.2) is 5.13 Å². The summed E-state index contributed by atoms with van der Waals surface area (Å²) in [6.45, 7) is 9.35. The average molecular weight is 444 g/mol. The van der Waals surface area contributed by atoms with Gasteiger partial charge >= 0.3 is 0 Å². The summed E-state index contributed by atoms with van der Waals surface area (Å²) in [7, 11) is 0. The maximum atomic E-state index is 12.7. The van der Waals surface area contributed by atoms with Gasteiger partial charge in [-0.3, -0.25) is 19.8 Å². The Morgan fingerprint density at radius 3 is 2.58 bits per heavy atom. The first-order valence-corrected chi connectivity index (χ1v) is 11.0. The van der Waals surface area contributed by atoms with Gasteiger partial charge < -0.3 is 13.8 Å². The summed E-state index contributed by atoms with van der Waals surface area (Å²) in [5.41, 5.74) is 3.18. The second-order valence-corrected chi connectivity index (χ2v) is 8.48. The van der Waals surface area contributed by atoms with E-state index in [9.17, 15) is 9.59 Å². The first kappa shape index (κ1) is 21.3. The van der Waals surface area contributed by atoms with E-state index in [1.54, 1.807) is 13.0 Å². The van der Waals surface area contributed by atoms with Crippen molar-refractivity contribution < 1.29 is 18.5 Å². The molecule has 4 heterocycles. The van der Waals surface area contributed by atoms with Gasteiger partial charge in [-0.1, -0.05) is 5.16 Å². The van der Waals surface area contributed by atoms with Crippen molar-refractivity contribution in [2.45, 2.75) is 33.7 Å². The lowest BCUT2D eigenvalue weighted by Crippen LogP contribution is -2.48. The summed E-state index contributed by atoms with van der Waals surface area (Å²) in [4.78, 5) is 33.5. The molecule has 0 atom stereocenters. The van der Waals surface area contributed by atoms with Crippen LogP contribution in [0.5, 0.6) is 0 Å². The Hall–Kier alpha value is -2.98. The molecule has 0 saturated carbocycles. The predicted octanol–water partition coefficient (Wildman–Crippen LogP) is 2.79. The summed E-state index contributed by atoms with van der Waals surface area (Å²) >= 11 is 1.31. The molecule has 3 aromatic rings. The number of nitrogens with zero attached hydrogens (tertiary/aromatic N) is 4. The van der Waals surface area contributed by atoms with Crippen molar-refractivity contribution in [2.24, 2.45) is 0 Å². The van der Waals surface area contributed by atoms with E-state index < -0.39 is 0 Å². The summed E-state index contributed by atoms with van der Waals surface area (Å²) in [5, 5.41) is 9.04. The quantitative estimate of drug-likeness (QED) is 0.625. The second kappa shape index (κ2) is 9.03. The summed E-state index contributed by atoms with van der Waals surface area (Å²) in [6.07, 6.45) is 1.70. The van der Waals surface area contributed by atoms with Crippen LogP contribution in [0.3, 0.4) is 0 Å². The molecule has 0 spiro atoms. The van der Waals surface area contributed by atoms with E-state index in [2.05, 4.69) is 20.4 Å². The van der Waals surface area contributed by atoms with Gasteiger partial charge in [0.2, 0.25) is 5.91 Å². The monoisotopic (exact) mass is 443 g/mol. The zero-order valence-corrected chi connectivity index (χ0v) is 18.6. The molecule has 0 unspecified atom stereocenters. The highest BCUT2D eigenvalue weighted by molar-refractivity contribution is 7.14. The molecule has 2 amide bonds. The lowest BCUT2D eigenvalue weighted by atomic mass is 10.1. The number of furan rings is 1. The number of aromatic nitrogens is 2. The van der Waals surface area contributed by atoms with Crippen molar-refractivity contribution in [1.29, 1.82) is 0 Å². The van der Waals surface area contributed by atoms with Gasteiger partial charge in [-0.15, -0.1) is 11.3 Å². The smallest absolute Gasteiger partial charge is 0.260 e. The minimum absolute atomic E-state index is 0.0471. The molecule has 164 valence electrons. The van der Waals surface area contributed by atoms with Crippen LogP contribution in [0.25, 0.3) is 0 Å². The molecule has 3 aromatic heterocycles. The Morgan fingerprint density at radius 2 is 1.94 bits per heavy atom. The number of carbonyl (C=O) groups is 2. The molecule has 1 saturated heterocycles. The van der Waals surface area contributed by atoms with E-state index in [1.165, 1.54) is 17.6 Å². The number of anilines is 1. The largest absolute Gasteiger partial charge is 0.469 e. The third-order valence-electron chi connectivity index (χ3n) is 5.50. The number of nitrogens with one attached hydrogen (secondary N) is 1. The fourth-order valence-corrected chi connectivity index (χ4v) is 4.31. The third-order valence-corrected chi connectivity index (χ3v) is 6.30. The highest BCUT2D eigenvalue weighted by Crippen LogP contribution is 2.20.